The second-order valence-corrected chi connectivity index (χ2v) is 8.25. The van der Waals surface area contributed by atoms with E-state index in [-0.39, 0.29) is 23.8 Å². The van der Waals surface area contributed by atoms with Crippen molar-refractivity contribution in [3.8, 4) is 5.75 Å². The van der Waals surface area contributed by atoms with Crippen LogP contribution < -0.4 is 25.8 Å². The van der Waals surface area contributed by atoms with E-state index in [0.29, 0.717) is 34.5 Å². The average Bonchev–Trinajstić information content (AvgIpc) is 2.81. The number of rotatable bonds is 6. The maximum Gasteiger partial charge on any atom is 0.293 e. The molecule has 4 rings (SSSR count). The number of fused-ring (bicyclic) bond motifs is 1. The maximum absolute atomic E-state index is 12.5. The quantitative estimate of drug-likeness (QED) is 0.496. The second kappa shape index (κ2) is 9.63. The standard InChI is InChI=1S/C22H25ClN6O4/c1-24-19(31)12-33-18-9-13-8-14(5-6-17(13)28(2)21(18)32)26-20-16(23)10-25-22(27-20)29-7-3-4-15(30)11-29/h5-6,8-10,15,30H,3-4,7,11-12H2,1-2H3,(H,24,31)(H,25,26,27). The Morgan fingerprint density at radius 2 is 2.18 bits per heavy atom. The molecule has 10 nitrogen and oxygen atoms in total. The molecule has 0 aliphatic carbocycles. The van der Waals surface area contributed by atoms with E-state index < -0.39 is 6.10 Å². The molecule has 1 saturated heterocycles. The summed E-state index contributed by atoms with van der Waals surface area (Å²) in [6.45, 7) is 0.991. The third-order valence-corrected chi connectivity index (χ3v) is 5.78. The molecule has 1 aliphatic rings. The summed E-state index contributed by atoms with van der Waals surface area (Å²) >= 11 is 6.33. The lowest BCUT2D eigenvalue weighted by molar-refractivity contribution is -0.122. The molecule has 1 atom stereocenters. The molecule has 0 spiro atoms. The smallest absolute Gasteiger partial charge is 0.293 e. The molecule has 1 fully saturated rings. The molecule has 3 heterocycles. The topological polar surface area (TPSA) is 122 Å². The van der Waals surface area contributed by atoms with Crippen molar-refractivity contribution in [2.45, 2.75) is 18.9 Å². The molecule has 1 aromatic carbocycles. The van der Waals surface area contributed by atoms with Crippen molar-refractivity contribution in [3.63, 3.8) is 0 Å². The molecule has 174 valence electrons. The summed E-state index contributed by atoms with van der Waals surface area (Å²) < 4.78 is 6.88. The predicted octanol–water partition coefficient (Wildman–Crippen LogP) is 1.81. The summed E-state index contributed by atoms with van der Waals surface area (Å²) in [4.78, 5) is 34.8. The van der Waals surface area contributed by atoms with Crippen LogP contribution in [0.15, 0.2) is 35.3 Å². The fraction of sp³-hybridized carbons (Fsp3) is 0.364. The number of pyridine rings is 1. The van der Waals surface area contributed by atoms with Crippen LogP contribution in [0.5, 0.6) is 5.75 Å². The Morgan fingerprint density at radius 1 is 1.36 bits per heavy atom. The van der Waals surface area contributed by atoms with Crippen LogP contribution in [0.25, 0.3) is 10.9 Å². The Kier molecular flexibility index (Phi) is 6.66. The number of carbonyl (C=O) groups excluding carboxylic acids is 1. The van der Waals surface area contributed by atoms with Gasteiger partial charge in [-0.2, -0.15) is 4.98 Å². The first-order valence-electron chi connectivity index (χ1n) is 10.6. The molecule has 3 N–H and O–H groups in total. The lowest BCUT2D eigenvalue weighted by Crippen LogP contribution is -2.39. The van der Waals surface area contributed by atoms with Gasteiger partial charge in [-0.15, -0.1) is 0 Å². The van der Waals surface area contributed by atoms with Crippen LogP contribution in [0.3, 0.4) is 0 Å². The van der Waals surface area contributed by atoms with E-state index in [1.165, 1.54) is 17.8 Å². The number of β-amino-alcohol motifs (C(OH)–C–C–N with tert-alkyl or cyclic N) is 1. The molecule has 33 heavy (non-hydrogen) atoms. The fourth-order valence-corrected chi connectivity index (χ4v) is 3.86. The van der Waals surface area contributed by atoms with Crippen LogP contribution >= 0.6 is 11.6 Å². The molecule has 0 saturated carbocycles. The van der Waals surface area contributed by atoms with Crippen molar-refractivity contribution < 1.29 is 14.6 Å². The van der Waals surface area contributed by atoms with Gasteiger partial charge in [0.25, 0.3) is 11.5 Å². The number of nitrogens with one attached hydrogen (secondary N) is 2. The lowest BCUT2D eigenvalue weighted by atomic mass is 10.1. The van der Waals surface area contributed by atoms with Crippen LogP contribution in [0.4, 0.5) is 17.5 Å². The number of amides is 1. The highest BCUT2D eigenvalue weighted by Crippen LogP contribution is 2.28. The van der Waals surface area contributed by atoms with E-state index in [0.717, 1.165) is 24.8 Å². The zero-order valence-electron chi connectivity index (χ0n) is 18.3. The zero-order chi connectivity index (χ0) is 23.5. The van der Waals surface area contributed by atoms with Gasteiger partial charge in [-0.05, 0) is 37.1 Å². The number of benzene rings is 1. The van der Waals surface area contributed by atoms with Gasteiger partial charge in [-0.25, -0.2) is 4.98 Å². The third kappa shape index (κ3) is 5.01. The zero-order valence-corrected chi connectivity index (χ0v) is 19.1. The second-order valence-electron chi connectivity index (χ2n) is 7.84. The number of hydrogen-bond acceptors (Lipinski definition) is 8. The third-order valence-electron chi connectivity index (χ3n) is 5.50. The molecule has 0 radical (unpaired) electrons. The van der Waals surface area contributed by atoms with Crippen LogP contribution in [0, 0.1) is 0 Å². The van der Waals surface area contributed by atoms with Gasteiger partial charge < -0.3 is 29.9 Å². The Hall–Kier alpha value is -3.37. The van der Waals surface area contributed by atoms with Gasteiger partial charge in [0.05, 0.1) is 17.8 Å². The van der Waals surface area contributed by atoms with Gasteiger partial charge in [0.15, 0.2) is 18.2 Å². The predicted molar refractivity (Wildman–Crippen MR) is 127 cm³/mol. The number of halogens is 1. The number of nitrogens with zero attached hydrogens (tertiary/aromatic N) is 4. The number of aryl methyl sites for hydroxylation is 1. The van der Waals surface area contributed by atoms with Crippen molar-refractivity contribution in [3.05, 3.63) is 45.8 Å². The SMILES string of the molecule is CNC(=O)COc1cc2cc(Nc3nc(N4CCCC(O)C4)ncc3Cl)ccc2n(C)c1=O. The van der Waals surface area contributed by atoms with Crippen LogP contribution in [-0.2, 0) is 11.8 Å². The number of piperidine rings is 1. The van der Waals surface area contributed by atoms with Crippen molar-refractivity contribution in [1.29, 1.82) is 0 Å². The number of carbonyl (C=O) groups is 1. The molecule has 1 aliphatic heterocycles. The Bertz CT molecular complexity index is 1250. The number of aliphatic hydroxyl groups excluding tert-OH is 1. The van der Waals surface area contributed by atoms with Crippen molar-refractivity contribution in [2.24, 2.45) is 7.05 Å². The molecule has 3 aromatic rings. The summed E-state index contributed by atoms with van der Waals surface area (Å²) in [6, 6.07) is 7.06. The summed E-state index contributed by atoms with van der Waals surface area (Å²) in [6.07, 6.45) is 2.76. The van der Waals surface area contributed by atoms with Crippen molar-refractivity contribution in [2.75, 3.05) is 37.0 Å². The molecule has 1 unspecified atom stereocenters. The van der Waals surface area contributed by atoms with E-state index in [4.69, 9.17) is 16.3 Å². The first kappa shape index (κ1) is 22.8. The number of likely N-dealkylation sites (N-methyl/N-ethyl adjacent to an activating group) is 1. The monoisotopic (exact) mass is 472 g/mol. The number of anilines is 3. The first-order chi connectivity index (χ1) is 15.9. The molecule has 0 bridgehead atoms. The molecule has 2 aromatic heterocycles. The molecule has 1 amide bonds. The molecular weight excluding hydrogens is 448 g/mol. The highest BCUT2D eigenvalue weighted by molar-refractivity contribution is 6.32. The number of ether oxygens (including phenoxy) is 1. The Labute approximate surface area is 195 Å². The van der Waals surface area contributed by atoms with Crippen LogP contribution in [-0.4, -0.2) is 58.4 Å². The van der Waals surface area contributed by atoms with Gasteiger partial charge in [-0.1, -0.05) is 11.6 Å². The summed E-state index contributed by atoms with van der Waals surface area (Å²) in [5, 5.41) is 16.7. The normalized spacial score (nSPS) is 16.0. The summed E-state index contributed by atoms with van der Waals surface area (Å²) in [7, 11) is 3.14. The first-order valence-corrected chi connectivity index (χ1v) is 10.9. The average molecular weight is 473 g/mol. The van der Waals surface area contributed by atoms with Gasteiger partial charge in [0.1, 0.15) is 5.02 Å². The van der Waals surface area contributed by atoms with Gasteiger partial charge >= 0.3 is 0 Å². The summed E-state index contributed by atoms with van der Waals surface area (Å²) in [5.74, 6) is 0.676. The highest BCUT2D eigenvalue weighted by Gasteiger charge is 2.21. The van der Waals surface area contributed by atoms with Gasteiger partial charge in [-0.3, -0.25) is 9.59 Å². The summed E-state index contributed by atoms with van der Waals surface area (Å²) in [5.41, 5.74) is 1.07. The van der Waals surface area contributed by atoms with E-state index in [9.17, 15) is 14.7 Å². The fourth-order valence-electron chi connectivity index (χ4n) is 3.72. The number of aromatic nitrogens is 3. The Balaban J connectivity index is 1.62. The largest absolute Gasteiger partial charge is 0.478 e. The number of aliphatic hydroxyl groups is 1. The highest BCUT2D eigenvalue weighted by atomic mass is 35.5. The van der Waals surface area contributed by atoms with Gasteiger partial charge in [0.2, 0.25) is 5.95 Å². The Morgan fingerprint density at radius 3 is 2.94 bits per heavy atom. The minimum absolute atomic E-state index is 0.0803. The minimum atomic E-state index is -0.401. The minimum Gasteiger partial charge on any atom is -0.478 e. The molecular formula is C22H25ClN6O4. The lowest BCUT2D eigenvalue weighted by Gasteiger charge is -2.30. The van der Waals surface area contributed by atoms with Crippen LogP contribution in [0.2, 0.25) is 5.02 Å². The number of hydrogen-bond donors (Lipinski definition) is 3. The maximum atomic E-state index is 12.5. The van der Waals surface area contributed by atoms with Crippen molar-refractivity contribution >= 4 is 45.9 Å². The van der Waals surface area contributed by atoms with E-state index in [1.807, 2.05) is 17.0 Å². The van der Waals surface area contributed by atoms with E-state index in [1.54, 1.807) is 19.2 Å². The van der Waals surface area contributed by atoms with E-state index >= 15 is 0 Å². The van der Waals surface area contributed by atoms with Crippen molar-refractivity contribution in [1.82, 2.24) is 19.9 Å². The van der Waals surface area contributed by atoms with Crippen LogP contribution in [0.1, 0.15) is 12.8 Å². The van der Waals surface area contributed by atoms with Gasteiger partial charge in [0, 0.05) is 38.3 Å². The van der Waals surface area contributed by atoms with E-state index in [2.05, 4.69) is 20.6 Å². The molecule has 11 heteroatoms.